The zero-order valence-corrected chi connectivity index (χ0v) is 12.9. The van der Waals surface area contributed by atoms with Crippen LogP contribution in [0.15, 0.2) is 53.4 Å². The molecule has 0 unspecified atom stereocenters. The number of para-hydroxylation sites is 1. The van der Waals surface area contributed by atoms with Crippen molar-refractivity contribution in [3.8, 4) is 0 Å². The summed E-state index contributed by atoms with van der Waals surface area (Å²) in [5, 5.41) is 0. The van der Waals surface area contributed by atoms with Crippen LogP contribution in [-0.4, -0.2) is 18.7 Å². The van der Waals surface area contributed by atoms with Crippen LogP contribution >= 0.6 is 11.8 Å². The number of nitrogens with zero attached hydrogens (tertiary/aromatic N) is 1. The van der Waals surface area contributed by atoms with Crippen LogP contribution in [0.2, 0.25) is 0 Å². The lowest BCUT2D eigenvalue weighted by Gasteiger charge is -2.17. The monoisotopic (exact) mass is 285 g/mol. The SMILES string of the molecule is Cc1ccc(C)c(SCC(=O)N(C)c2ccccc2)c1. The molecule has 2 nitrogen and oxygen atoms in total. The van der Waals surface area contributed by atoms with Crippen molar-refractivity contribution in [3.05, 3.63) is 59.7 Å². The molecule has 0 bridgehead atoms. The molecule has 2 aromatic rings. The third-order valence-electron chi connectivity index (χ3n) is 3.21. The van der Waals surface area contributed by atoms with Crippen LogP contribution in [0, 0.1) is 13.8 Å². The molecule has 0 aromatic heterocycles. The first-order valence-electron chi connectivity index (χ1n) is 6.59. The van der Waals surface area contributed by atoms with Gasteiger partial charge in [0.1, 0.15) is 0 Å². The summed E-state index contributed by atoms with van der Waals surface area (Å²) in [6, 6.07) is 16.1. The second-order valence-corrected chi connectivity index (χ2v) is 5.86. The van der Waals surface area contributed by atoms with Crippen LogP contribution in [0.4, 0.5) is 5.69 Å². The van der Waals surface area contributed by atoms with E-state index in [1.165, 1.54) is 16.0 Å². The number of rotatable bonds is 4. The van der Waals surface area contributed by atoms with E-state index < -0.39 is 0 Å². The number of anilines is 1. The van der Waals surface area contributed by atoms with Gasteiger partial charge in [-0.25, -0.2) is 0 Å². The molecule has 0 aliphatic rings. The van der Waals surface area contributed by atoms with Crippen LogP contribution in [0.25, 0.3) is 0 Å². The highest BCUT2D eigenvalue weighted by Gasteiger charge is 2.11. The maximum absolute atomic E-state index is 12.2. The normalized spacial score (nSPS) is 10.3. The van der Waals surface area contributed by atoms with Crippen molar-refractivity contribution < 1.29 is 4.79 Å². The predicted octanol–water partition coefficient (Wildman–Crippen LogP) is 4.06. The van der Waals surface area contributed by atoms with Gasteiger partial charge >= 0.3 is 0 Å². The van der Waals surface area contributed by atoms with Crippen LogP contribution in [0.1, 0.15) is 11.1 Å². The predicted molar refractivity (Wildman–Crippen MR) is 86.5 cm³/mol. The second kappa shape index (κ2) is 6.62. The molecule has 0 heterocycles. The van der Waals surface area contributed by atoms with Crippen molar-refractivity contribution >= 4 is 23.4 Å². The molecular weight excluding hydrogens is 266 g/mol. The average molecular weight is 285 g/mol. The minimum atomic E-state index is 0.113. The Morgan fingerprint density at radius 2 is 1.80 bits per heavy atom. The van der Waals surface area contributed by atoms with Gasteiger partial charge in [-0.05, 0) is 37.6 Å². The molecule has 20 heavy (non-hydrogen) atoms. The topological polar surface area (TPSA) is 20.3 Å². The Bertz CT molecular complexity index is 595. The van der Waals surface area contributed by atoms with E-state index in [4.69, 9.17) is 0 Å². The lowest BCUT2D eigenvalue weighted by Crippen LogP contribution is -2.27. The number of thioether (sulfide) groups is 1. The lowest BCUT2D eigenvalue weighted by atomic mass is 10.2. The number of hydrogen-bond donors (Lipinski definition) is 0. The first-order valence-corrected chi connectivity index (χ1v) is 7.58. The van der Waals surface area contributed by atoms with E-state index in [-0.39, 0.29) is 5.91 Å². The summed E-state index contributed by atoms with van der Waals surface area (Å²) in [7, 11) is 1.82. The molecule has 0 fully saturated rings. The zero-order valence-electron chi connectivity index (χ0n) is 12.1. The first kappa shape index (κ1) is 14.7. The van der Waals surface area contributed by atoms with Gasteiger partial charge in [0.05, 0.1) is 5.75 Å². The summed E-state index contributed by atoms with van der Waals surface area (Å²) in [5.41, 5.74) is 3.37. The number of hydrogen-bond acceptors (Lipinski definition) is 2. The zero-order chi connectivity index (χ0) is 14.5. The van der Waals surface area contributed by atoms with Gasteiger partial charge in [-0.3, -0.25) is 4.79 Å². The molecule has 0 aliphatic carbocycles. The minimum absolute atomic E-state index is 0.113. The Morgan fingerprint density at radius 1 is 1.10 bits per heavy atom. The Kier molecular flexibility index (Phi) is 4.85. The summed E-state index contributed by atoms with van der Waals surface area (Å²) in [5.74, 6) is 0.567. The molecule has 3 heteroatoms. The van der Waals surface area contributed by atoms with Gasteiger partial charge in [0, 0.05) is 17.6 Å². The molecule has 0 atom stereocenters. The summed E-state index contributed by atoms with van der Waals surface area (Å²) < 4.78 is 0. The van der Waals surface area contributed by atoms with Crippen LogP contribution < -0.4 is 4.90 Å². The summed E-state index contributed by atoms with van der Waals surface area (Å²) in [6.45, 7) is 4.15. The highest BCUT2D eigenvalue weighted by molar-refractivity contribution is 8.00. The van der Waals surface area contributed by atoms with E-state index in [2.05, 4.69) is 32.0 Å². The van der Waals surface area contributed by atoms with Crippen LogP contribution in [-0.2, 0) is 4.79 Å². The molecule has 0 N–H and O–H groups in total. The van der Waals surface area contributed by atoms with Gasteiger partial charge in [0.2, 0.25) is 5.91 Å². The third kappa shape index (κ3) is 3.64. The summed E-state index contributed by atoms with van der Waals surface area (Å²) in [6.07, 6.45) is 0. The van der Waals surface area contributed by atoms with E-state index >= 15 is 0 Å². The number of amides is 1. The number of carbonyl (C=O) groups is 1. The van der Waals surface area contributed by atoms with Crippen LogP contribution in [0.5, 0.6) is 0 Å². The Balaban J connectivity index is 2.00. The number of carbonyl (C=O) groups excluding carboxylic acids is 1. The molecule has 0 radical (unpaired) electrons. The molecule has 2 aromatic carbocycles. The Hall–Kier alpha value is -1.74. The fourth-order valence-electron chi connectivity index (χ4n) is 1.89. The van der Waals surface area contributed by atoms with Crippen LogP contribution in [0.3, 0.4) is 0 Å². The van der Waals surface area contributed by atoms with Gasteiger partial charge in [-0.1, -0.05) is 35.9 Å². The maximum Gasteiger partial charge on any atom is 0.237 e. The van der Waals surface area contributed by atoms with Gasteiger partial charge in [0.25, 0.3) is 0 Å². The van der Waals surface area contributed by atoms with Gasteiger partial charge in [-0.2, -0.15) is 0 Å². The van der Waals surface area contributed by atoms with Crippen molar-refractivity contribution in [2.45, 2.75) is 18.7 Å². The third-order valence-corrected chi connectivity index (χ3v) is 4.35. The van der Waals surface area contributed by atoms with Crippen molar-refractivity contribution in [3.63, 3.8) is 0 Å². The molecule has 0 saturated carbocycles. The Labute approximate surface area is 124 Å². The van der Waals surface area contributed by atoms with E-state index in [9.17, 15) is 4.79 Å². The molecule has 1 amide bonds. The highest BCUT2D eigenvalue weighted by Crippen LogP contribution is 2.24. The van der Waals surface area contributed by atoms with E-state index in [0.29, 0.717) is 5.75 Å². The minimum Gasteiger partial charge on any atom is -0.315 e. The average Bonchev–Trinajstić information content (AvgIpc) is 2.48. The van der Waals surface area contributed by atoms with E-state index in [1.54, 1.807) is 16.7 Å². The van der Waals surface area contributed by atoms with E-state index in [1.807, 2.05) is 37.4 Å². The molecule has 2 rings (SSSR count). The van der Waals surface area contributed by atoms with Crippen molar-refractivity contribution in [1.29, 1.82) is 0 Å². The van der Waals surface area contributed by atoms with E-state index in [0.717, 1.165) is 5.69 Å². The first-order chi connectivity index (χ1) is 9.58. The number of benzene rings is 2. The second-order valence-electron chi connectivity index (χ2n) is 4.85. The fourth-order valence-corrected chi connectivity index (χ4v) is 2.93. The maximum atomic E-state index is 12.2. The quantitative estimate of drug-likeness (QED) is 0.790. The van der Waals surface area contributed by atoms with Gasteiger partial charge in [0.15, 0.2) is 0 Å². The van der Waals surface area contributed by atoms with Crippen molar-refractivity contribution in [1.82, 2.24) is 0 Å². The highest BCUT2D eigenvalue weighted by atomic mass is 32.2. The lowest BCUT2D eigenvalue weighted by molar-refractivity contribution is -0.115. The van der Waals surface area contributed by atoms with Gasteiger partial charge < -0.3 is 4.90 Å². The van der Waals surface area contributed by atoms with Crippen molar-refractivity contribution in [2.75, 3.05) is 17.7 Å². The molecule has 0 spiro atoms. The molecule has 0 saturated heterocycles. The standard InChI is InChI=1S/C17H19NOS/c1-13-9-10-14(2)16(11-13)20-12-17(19)18(3)15-7-5-4-6-8-15/h4-11H,12H2,1-3H3. The molecule has 0 aliphatic heterocycles. The van der Waals surface area contributed by atoms with Gasteiger partial charge in [-0.15, -0.1) is 11.8 Å². The smallest absolute Gasteiger partial charge is 0.237 e. The Morgan fingerprint density at radius 3 is 2.50 bits per heavy atom. The fraction of sp³-hybridized carbons (Fsp3) is 0.235. The molecular formula is C17H19NOS. The largest absolute Gasteiger partial charge is 0.315 e. The van der Waals surface area contributed by atoms with Crippen molar-refractivity contribution in [2.24, 2.45) is 0 Å². The summed E-state index contributed by atoms with van der Waals surface area (Å²) in [4.78, 5) is 15.1. The molecule has 104 valence electrons. The number of aryl methyl sites for hydroxylation is 2. The summed E-state index contributed by atoms with van der Waals surface area (Å²) >= 11 is 1.60.